The van der Waals surface area contributed by atoms with Crippen molar-refractivity contribution in [3.05, 3.63) is 65.2 Å². The summed E-state index contributed by atoms with van der Waals surface area (Å²) in [6, 6.07) is 17.2. The number of halogens is 1. The Hall–Kier alpha value is -2.31. The van der Waals surface area contributed by atoms with Crippen LogP contribution in [-0.2, 0) is 11.3 Å². The lowest BCUT2D eigenvalue weighted by molar-refractivity contribution is -0.133. The summed E-state index contributed by atoms with van der Waals surface area (Å²) in [7, 11) is 0. The van der Waals surface area contributed by atoms with E-state index in [1.54, 1.807) is 12.1 Å². The number of thioether (sulfide) groups is 1. The fourth-order valence-electron chi connectivity index (χ4n) is 2.67. The maximum absolute atomic E-state index is 12.9. The summed E-state index contributed by atoms with van der Waals surface area (Å²) in [5.74, 6) is 0.625. The van der Waals surface area contributed by atoms with E-state index in [1.807, 2.05) is 68.1 Å². The highest BCUT2D eigenvalue weighted by Crippen LogP contribution is 2.26. The second kappa shape index (κ2) is 8.80. The van der Waals surface area contributed by atoms with E-state index in [4.69, 9.17) is 16.0 Å². The first-order valence-electron chi connectivity index (χ1n) is 8.89. The molecule has 7 heteroatoms. The highest BCUT2D eigenvalue weighted by molar-refractivity contribution is 7.99. The van der Waals surface area contributed by atoms with E-state index in [1.165, 1.54) is 11.8 Å². The molecule has 0 radical (unpaired) electrons. The van der Waals surface area contributed by atoms with E-state index in [2.05, 4.69) is 10.2 Å². The number of carbonyl (C=O) groups is 1. The Morgan fingerprint density at radius 3 is 2.54 bits per heavy atom. The molecular weight excluding hydrogens is 394 g/mol. The average molecular weight is 416 g/mol. The molecule has 0 aliphatic rings. The van der Waals surface area contributed by atoms with Crippen LogP contribution >= 0.6 is 23.4 Å². The monoisotopic (exact) mass is 415 g/mol. The molecule has 0 N–H and O–H groups in total. The van der Waals surface area contributed by atoms with Gasteiger partial charge in [-0.3, -0.25) is 4.79 Å². The zero-order valence-electron chi connectivity index (χ0n) is 16.1. The maximum Gasteiger partial charge on any atom is 0.277 e. The Balaban J connectivity index is 1.66. The summed E-state index contributed by atoms with van der Waals surface area (Å²) < 4.78 is 5.67. The van der Waals surface area contributed by atoms with Crippen molar-refractivity contribution < 1.29 is 9.21 Å². The van der Waals surface area contributed by atoms with Crippen LogP contribution in [0.2, 0.25) is 5.02 Å². The van der Waals surface area contributed by atoms with Crippen molar-refractivity contribution in [1.82, 2.24) is 15.1 Å². The van der Waals surface area contributed by atoms with Crippen LogP contribution in [0.1, 0.15) is 26.3 Å². The van der Waals surface area contributed by atoms with E-state index < -0.39 is 0 Å². The number of hydrogen-bond acceptors (Lipinski definition) is 5. The molecule has 1 heterocycles. The van der Waals surface area contributed by atoms with Gasteiger partial charge in [-0.25, -0.2) is 0 Å². The van der Waals surface area contributed by atoms with Gasteiger partial charge in [0.25, 0.3) is 5.22 Å². The first-order valence-corrected chi connectivity index (χ1v) is 10.3. The van der Waals surface area contributed by atoms with Crippen LogP contribution in [0.3, 0.4) is 0 Å². The van der Waals surface area contributed by atoms with Gasteiger partial charge in [-0.2, -0.15) is 0 Å². The van der Waals surface area contributed by atoms with E-state index in [0.29, 0.717) is 22.7 Å². The Labute approximate surface area is 174 Å². The van der Waals surface area contributed by atoms with Gasteiger partial charge in [0.15, 0.2) is 0 Å². The lowest BCUT2D eigenvalue weighted by Gasteiger charge is -2.35. The van der Waals surface area contributed by atoms with Crippen LogP contribution in [0, 0.1) is 0 Å². The fourth-order valence-corrected chi connectivity index (χ4v) is 3.50. The van der Waals surface area contributed by atoms with Gasteiger partial charge in [0.2, 0.25) is 11.8 Å². The molecule has 2 aromatic carbocycles. The summed E-state index contributed by atoms with van der Waals surface area (Å²) in [6.45, 7) is 6.65. The van der Waals surface area contributed by atoms with Gasteiger partial charge in [-0.05, 0) is 44.5 Å². The molecule has 3 aromatic rings. The molecule has 0 aliphatic carbocycles. The number of carbonyl (C=O) groups excluding carboxylic acids is 1. The summed E-state index contributed by atoms with van der Waals surface area (Å²) >= 11 is 7.24. The lowest BCUT2D eigenvalue weighted by Crippen LogP contribution is -2.45. The predicted molar refractivity (Wildman–Crippen MR) is 112 cm³/mol. The number of hydrogen-bond donors (Lipinski definition) is 0. The molecule has 0 saturated heterocycles. The number of aromatic nitrogens is 2. The summed E-state index contributed by atoms with van der Waals surface area (Å²) in [5, 5.41) is 9.04. The van der Waals surface area contributed by atoms with Crippen LogP contribution in [0.15, 0.2) is 64.2 Å². The molecule has 0 spiro atoms. The summed E-state index contributed by atoms with van der Waals surface area (Å²) in [5.41, 5.74) is 1.55. The standard InChI is InChI=1S/C21H22ClN3O2S/c1-21(2,3)25(13-15-8-5-4-6-9-15)18(26)14-28-20-24-23-19(27-20)16-10-7-11-17(22)12-16/h4-12H,13-14H2,1-3H3. The molecule has 0 atom stereocenters. The maximum atomic E-state index is 12.9. The molecule has 146 valence electrons. The molecular formula is C21H22ClN3O2S. The van der Waals surface area contributed by atoms with Gasteiger partial charge in [-0.15, -0.1) is 10.2 Å². The molecule has 1 amide bonds. The van der Waals surface area contributed by atoms with Crippen molar-refractivity contribution in [2.45, 2.75) is 38.1 Å². The van der Waals surface area contributed by atoms with Crippen LogP contribution in [-0.4, -0.2) is 32.3 Å². The number of benzene rings is 2. The van der Waals surface area contributed by atoms with E-state index in [-0.39, 0.29) is 17.2 Å². The first-order chi connectivity index (χ1) is 13.3. The van der Waals surface area contributed by atoms with Gasteiger partial charge in [0, 0.05) is 22.7 Å². The van der Waals surface area contributed by atoms with E-state index in [0.717, 1.165) is 11.1 Å². The average Bonchev–Trinajstić information content (AvgIpc) is 3.13. The van der Waals surface area contributed by atoms with Gasteiger partial charge < -0.3 is 9.32 Å². The zero-order valence-corrected chi connectivity index (χ0v) is 17.6. The molecule has 3 rings (SSSR count). The molecule has 5 nitrogen and oxygen atoms in total. The van der Waals surface area contributed by atoms with Crippen molar-refractivity contribution in [2.75, 3.05) is 5.75 Å². The molecule has 0 bridgehead atoms. The second-order valence-electron chi connectivity index (χ2n) is 7.31. The minimum Gasteiger partial charge on any atom is -0.411 e. The Bertz CT molecular complexity index is 938. The van der Waals surface area contributed by atoms with Crippen molar-refractivity contribution in [2.24, 2.45) is 0 Å². The van der Waals surface area contributed by atoms with E-state index in [9.17, 15) is 4.79 Å². The lowest BCUT2D eigenvalue weighted by atomic mass is 10.0. The third kappa shape index (κ3) is 5.36. The normalized spacial score (nSPS) is 11.4. The third-order valence-electron chi connectivity index (χ3n) is 4.09. The molecule has 0 fully saturated rings. The first kappa shape index (κ1) is 20.4. The van der Waals surface area contributed by atoms with Crippen molar-refractivity contribution in [1.29, 1.82) is 0 Å². The van der Waals surface area contributed by atoms with Gasteiger partial charge >= 0.3 is 0 Å². The smallest absolute Gasteiger partial charge is 0.277 e. The molecule has 0 aliphatic heterocycles. The minimum absolute atomic E-state index is 0.0175. The fraction of sp³-hybridized carbons (Fsp3) is 0.286. The van der Waals surface area contributed by atoms with Gasteiger partial charge in [-0.1, -0.05) is 59.8 Å². The Kier molecular flexibility index (Phi) is 6.42. The summed E-state index contributed by atoms with van der Waals surface area (Å²) in [4.78, 5) is 14.8. The highest BCUT2D eigenvalue weighted by atomic mass is 35.5. The Morgan fingerprint density at radius 1 is 1.11 bits per heavy atom. The summed E-state index contributed by atoms with van der Waals surface area (Å²) in [6.07, 6.45) is 0. The van der Waals surface area contributed by atoms with E-state index >= 15 is 0 Å². The van der Waals surface area contributed by atoms with Crippen molar-refractivity contribution in [3.63, 3.8) is 0 Å². The quantitative estimate of drug-likeness (QED) is 0.510. The van der Waals surface area contributed by atoms with Crippen molar-refractivity contribution >= 4 is 29.3 Å². The molecule has 1 aromatic heterocycles. The van der Waals surface area contributed by atoms with Crippen molar-refractivity contribution in [3.8, 4) is 11.5 Å². The van der Waals surface area contributed by atoms with Crippen LogP contribution < -0.4 is 0 Å². The zero-order chi connectivity index (χ0) is 20.1. The van der Waals surface area contributed by atoms with Gasteiger partial charge in [0.05, 0.1) is 5.75 Å². The molecule has 28 heavy (non-hydrogen) atoms. The number of amides is 1. The Morgan fingerprint density at radius 2 is 1.86 bits per heavy atom. The number of rotatable bonds is 6. The number of nitrogens with zero attached hydrogens (tertiary/aromatic N) is 3. The second-order valence-corrected chi connectivity index (χ2v) is 8.67. The highest BCUT2D eigenvalue weighted by Gasteiger charge is 2.27. The third-order valence-corrected chi connectivity index (χ3v) is 5.13. The van der Waals surface area contributed by atoms with Crippen LogP contribution in [0.5, 0.6) is 0 Å². The van der Waals surface area contributed by atoms with Gasteiger partial charge in [0.1, 0.15) is 0 Å². The van der Waals surface area contributed by atoms with Crippen LogP contribution in [0.25, 0.3) is 11.5 Å². The predicted octanol–water partition coefficient (Wildman–Crippen LogP) is 5.31. The van der Waals surface area contributed by atoms with Crippen LogP contribution in [0.4, 0.5) is 0 Å². The minimum atomic E-state index is -0.297. The molecule has 0 unspecified atom stereocenters. The SMILES string of the molecule is CC(C)(C)N(Cc1ccccc1)C(=O)CSc1nnc(-c2cccc(Cl)c2)o1. The topological polar surface area (TPSA) is 59.2 Å². The molecule has 0 saturated carbocycles. The largest absolute Gasteiger partial charge is 0.411 e.